The van der Waals surface area contributed by atoms with Crippen LogP contribution < -0.4 is 0 Å². The number of aromatic nitrogens is 3. The van der Waals surface area contributed by atoms with Crippen molar-refractivity contribution in [1.82, 2.24) is 24.6 Å². The fourth-order valence-electron chi connectivity index (χ4n) is 4.71. The summed E-state index contributed by atoms with van der Waals surface area (Å²) in [6.07, 6.45) is 4.15. The van der Waals surface area contributed by atoms with Crippen molar-refractivity contribution in [2.24, 2.45) is 11.3 Å². The van der Waals surface area contributed by atoms with Gasteiger partial charge in [-0.3, -0.25) is 9.69 Å². The second-order valence-corrected chi connectivity index (χ2v) is 8.99. The standard InChI is InChI=1S/C19H29N5O2/c1-5-15-20-21-16-9-7-13(11-23(15)16)24-17(25)14-8-6-12(19(2,3)4)10-22(14)18(24)26/h12-14H,5-11H2,1-4H3. The minimum absolute atomic E-state index is 0.00179. The van der Waals surface area contributed by atoms with Crippen LogP contribution in [0.3, 0.4) is 0 Å². The predicted molar refractivity (Wildman–Crippen MR) is 96.4 cm³/mol. The molecule has 4 rings (SSSR count). The first-order chi connectivity index (χ1) is 12.3. The molecule has 1 aromatic rings. The van der Waals surface area contributed by atoms with Crippen LogP contribution in [0.25, 0.3) is 0 Å². The quantitative estimate of drug-likeness (QED) is 0.759. The van der Waals surface area contributed by atoms with Crippen LogP contribution >= 0.6 is 0 Å². The van der Waals surface area contributed by atoms with Crippen molar-refractivity contribution in [3.05, 3.63) is 11.6 Å². The number of piperidine rings is 1. The van der Waals surface area contributed by atoms with Gasteiger partial charge >= 0.3 is 6.03 Å². The molecule has 2 fully saturated rings. The molecule has 2 saturated heterocycles. The molecule has 142 valence electrons. The minimum Gasteiger partial charge on any atom is -0.313 e. The van der Waals surface area contributed by atoms with Gasteiger partial charge in [-0.05, 0) is 30.6 Å². The minimum atomic E-state index is -0.256. The maximum absolute atomic E-state index is 13.1. The van der Waals surface area contributed by atoms with E-state index in [4.69, 9.17) is 0 Å². The van der Waals surface area contributed by atoms with Gasteiger partial charge in [-0.15, -0.1) is 10.2 Å². The lowest BCUT2D eigenvalue weighted by Gasteiger charge is -2.39. The third-order valence-corrected chi connectivity index (χ3v) is 6.46. The van der Waals surface area contributed by atoms with Crippen molar-refractivity contribution < 1.29 is 9.59 Å². The van der Waals surface area contributed by atoms with Crippen LogP contribution in [-0.4, -0.2) is 55.1 Å². The van der Waals surface area contributed by atoms with Crippen LogP contribution in [0.15, 0.2) is 0 Å². The first kappa shape index (κ1) is 17.5. The van der Waals surface area contributed by atoms with Crippen molar-refractivity contribution in [2.75, 3.05) is 6.54 Å². The summed E-state index contributed by atoms with van der Waals surface area (Å²) in [5, 5.41) is 8.49. The van der Waals surface area contributed by atoms with E-state index in [1.807, 2.05) is 4.90 Å². The van der Waals surface area contributed by atoms with Crippen LogP contribution in [0, 0.1) is 11.3 Å². The van der Waals surface area contributed by atoms with Crippen molar-refractivity contribution in [3.8, 4) is 0 Å². The van der Waals surface area contributed by atoms with Crippen molar-refractivity contribution >= 4 is 11.9 Å². The Morgan fingerprint density at radius 2 is 1.85 bits per heavy atom. The van der Waals surface area contributed by atoms with Gasteiger partial charge < -0.3 is 9.47 Å². The zero-order valence-electron chi connectivity index (χ0n) is 16.2. The van der Waals surface area contributed by atoms with Gasteiger partial charge in [0.1, 0.15) is 17.7 Å². The first-order valence-corrected chi connectivity index (χ1v) is 9.86. The van der Waals surface area contributed by atoms with Crippen LogP contribution in [0.5, 0.6) is 0 Å². The van der Waals surface area contributed by atoms with Gasteiger partial charge in [-0.1, -0.05) is 27.7 Å². The van der Waals surface area contributed by atoms with Crippen LogP contribution in [0.4, 0.5) is 4.79 Å². The molecule has 26 heavy (non-hydrogen) atoms. The maximum Gasteiger partial charge on any atom is 0.327 e. The Balaban J connectivity index is 1.55. The Morgan fingerprint density at radius 1 is 1.08 bits per heavy atom. The predicted octanol–water partition coefficient (Wildman–Crippen LogP) is 2.24. The van der Waals surface area contributed by atoms with Crippen LogP contribution in [-0.2, 0) is 24.2 Å². The van der Waals surface area contributed by atoms with Crippen molar-refractivity contribution in [2.45, 2.75) is 78.4 Å². The molecular formula is C19H29N5O2. The first-order valence-electron chi connectivity index (χ1n) is 9.86. The van der Waals surface area contributed by atoms with Crippen LogP contribution in [0.1, 0.15) is 58.6 Å². The summed E-state index contributed by atoms with van der Waals surface area (Å²) in [6, 6.07) is -0.426. The summed E-state index contributed by atoms with van der Waals surface area (Å²) in [5.41, 5.74) is 0.153. The van der Waals surface area contributed by atoms with E-state index in [1.165, 1.54) is 0 Å². The van der Waals surface area contributed by atoms with Crippen molar-refractivity contribution in [3.63, 3.8) is 0 Å². The molecule has 0 N–H and O–H groups in total. The highest BCUT2D eigenvalue weighted by Crippen LogP contribution is 2.39. The van der Waals surface area contributed by atoms with Gasteiger partial charge in [0.15, 0.2) is 0 Å². The Bertz CT molecular complexity index is 721. The number of nitrogens with zero attached hydrogens (tertiary/aromatic N) is 5. The zero-order valence-corrected chi connectivity index (χ0v) is 16.2. The second kappa shape index (κ2) is 6.06. The van der Waals surface area contributed by atoms with E-state index >= 15 is 0 Å². The fourth-order valence-corrected chi connectivity index (χ4v) is 4.71. The molecule has 0 radical (unpaired) electrons. The Hall–Kier alpha value is -1.92. The molecule has 1 aromatic heterocycles. The summed E-state index contributed by atoms with van der Waals surface area (Å²) < 4.78 is 2.10. The van der Waals surface area contributed by atoms with E-state index in [-0.39, 0.29) is 29.4 Å². The molecule has 0 spiro atoms. The topological polar surface area (TPSA) is 71.3 Å². The molecule has 0 saturated carbocycles. The maximum atomic E-state index is 13.1. The van der Waals surface area contributed by atoms with E-state index in [2.05, 4.69) is 42.5 Å². The lowest BCUT2D eigenvalue weighted by molar-refractivity contribution is -0.131. The van der Waals surface area contributed by atoms with Crippen molar-refractivity contribution in [1.29, 1.82) is 0 Å². The molecule has 3 aliphatic rings. The molecule has 0 aromatic carbocycles. The summed E-state index contributed by atoms with van der Waals surface area (Å²) in [6.45, 7) is 10.0. The molecule has 3 unspecified atom stereocenters. The number of fused-ring (bicyclic) bond motifs is 2. The van der Waals surface area contributed by atoms with Gasteiger partial charge in [0, 0.05) is 25.9 Å². The Morgan fingerprint density at radius 3 is 2.54 bits per heavy atom. The van der Waals surface area contributed by atoms with E-state index in [1.54, 1.807) is 4.90 Å². The third-order valence-electron chi connectivity index (χ3n) is 6.46. The van der Waals surface area contributed by atoms with Crippen LogP contribution in [0.2, 0.25) is 0 Å². The molecular weight excluding hydrogens is 330 g/mol. The second-order valence-electron chi connectivity index (χ2n) is 8.99. The van der Waals surface area contributed by atoms with Gasteiger partial charge in [0.05, 0.1) is 6.04 Å². The van der Waals surface area contributed by atoms with E-state index in [9.17, 15) is 9.59 Å². The number of hydrogen-bond acceptors (Lipinski definition) is 4. The summed E-state index contributed by atoms with van der Waals surface area (Å²) in [5.74, 6) is 2.36. The molecule has 0 bridgehead atoms. The molecule has 7 heteroatoms. The Labute approximate surface area is 154 Å². The number of rotatable bonds is 2. The van der Waals surface area contributed by atoms with Gasteiger partial charge in [-0.2, -0.15) is 0 Å². The van der Waals surface area contributed by atoms with Gasteiger partial charge in [0.2, 0.25) is 0 Å². The average molecular weight is 359 g/mol. The lowest BCUT2D eigenvalue weighted by atomic mass is 9.75. The molecule has 7 nitrogen and oxygen atoms in total. The van der Waals surface area contributed by atoms with Gasteiger partial charge in [0.25, 0.3) is 5.91 Å². The van der Waals surface area contributed by atoms with E-state index in [0.29, 0.717) is 19.0 Å². The van der Waals surface area contributed by atoms with E-state index < -0.39 is 0 Å². The SMILES string of the molecule is CCc1nnc2n1CC(N1C(=O)C3CCC(C(C)(C)C)CN3C1=O)CC2. The highest BCUT2D eigenvalue weighted by Gasteiger charge is 2.51. The molecule has 0 aliphatic carbocycles. The Kier molecular flexibility index (Phi) is 4.08. The van der Waals surface area contributed by atoms with E-state index in [0.717, 1.165) is 43.8 Å². The molecule has 3 aliphatic heterocycles. The number of carbonyl (C=O) groups excluding carboxylic acids is 2. The number of imide groups is 1. The summed E-state index contributed by atoms with van der Waals surface area (Å²) in [7, 11) is 0. The lowest BCUT2D eigenvalue weighted by Crippen LogP contribution is -2.47. The third kappa shape index (κ3) is 2.63. The summed E-state index contributed by atoms with van der Waals surface area (Å²) >= 11 is 0. The largest absolute Gasteiger partial charge is 0.327 e. The fraction of sp³-hybridized carbons (Fsp3) is 0.789. The number of aryl methyl sites for hydroxylation is 2. The molecule has 3 amide bonds. The molecule has 3 atom stereocenters. The normalized spacial score (nSPS) is 29.2. The number of amides is 3. The highest BCUT2D eigenvalue weighted by atomic mass is 16.2. The van der Waals surface area contributed by atoms with Gasteiger partial charge in [-0.25, -0.2) is 4.79 Å². The molecule has 4 heterocycles. The highest BCUT2D eigenvalue weighted by molar-refractivity contribution is 6.04. The smallest absolute Gasteiger partial charge is 0.313 e. The summed E-state index contributed by atoms with van der Waals surface area (Å²) in [4.78, 5) is 29.5. The zero-order chi connectivity index (χ0) is 18.6. The monoisotopic (exact) mass is 359 g/mol. The number of urea groups is 1. The number of hydrogen-bond donors (Lipinski definition) is 0. The number of carbonyl (C=O) groups is 2. The average Bonchev–Trinajstić information content (AvgIpc) is 3.12.